The second-order valence-electron chi connectivity index (χ2n) is 13.1. The largest absolute Gasteiger partial charge is 0.507 e. The van der Waals surface area contributed by atoms with Crippen LogP contribution in [0.4, 0.5) is 0 Å². The van der Waals surface area contributed by atoms with Crippen LogP contribution in [0, 0.1) is 17.8 Å². The molecule has 0 bridgehead atoms. The van der Waals surface area contributed by atoms with Gasteiger partial charge in [0.05, 0.1) is 11.7 Å². The summed E-state index contributed by atoms with van der Waals surface area (Å²) in [6, 6.07) is 14.7. The summed E-state index contributed by atoms with van der Waals surface area (Å²) in [5.74, 6) is -7.60. The zero-order chi connectivity index (χ0) is 32.5. The van der Waals surface area contributed by atoms with Crippen molar-refractivity contribution in [2.45, 2.75) is 57.0 Å². The van der Waals surface area contributed by atoms with E-state index < -0.39 is 58.7 Å². The molecule has 2 saturated carbocycles. The summed E-state index contributed by atoms with van der Waals surface area (Å²) < 4.78 is 0. The number of aromatic hydroxyl groups is 1. The Balaban J connectivity index is 1.52. The van der Waals surface area contributed by atoms with Crippen molar-refractivity contribution in [3.8, 4) is 16.9 Å². The smallest absolute Gasteiger partial charge is 0.230 e. The number of primary amides is 1. The fraction of sp³-hybridized carbons (Fsp3) is 0.400. The molecule has 236 valence electrons. The number of aliphatic hydroxyl groups is 3. The molecule has 0 saturated heterocycles. The number of nitrogens with zero attached hydrogens (tertiary/aromatic N) is 1. The van der Waals surface area contributed by atoms with Crippen molar-refractivity contribution in [1.29, 1.82) is 0 Å². The van der Waals surface area contributed by atoms with E-state index in [0.29, 0.717) is 18.2 Å². The standard InChI is InChI=1S/C35H39N3O7/c1-16(2)37-15-17-9-10-21(20-8-6-5-7-19(17)20)22-11-12-25(39)27-23(22)13-18-14-24-29(38(3)4)31(41)28(34(36)44)33(43)35(24,45)32(42)26(18)30(27)40/h5-12,16,18,24,28-29,31,37,39-41,45H,13-15H2,1-4H3,(H2,36,44)/t18-,24-,28?,29-,31?,35-/m1/s1. The number of ketones is 2. The quantitative estimate of drug-likeness (QED) is 0.228. The lowest BCUT2D eigenvalue weighted by atomic mass is 9.54. The van der Waals surface area contributed by atoms with Gasteiger partial charge in [-0.3, -0.25) is 14.4 Å². The number of hydrogen-bond donors (Lipinski definition) is 6. The number of amides is 1. The van der Waals surface area contributed by atoms with Crippen molar-refractivity contribution in [3.05, 3.63) is 70.8 Å². The topological polar surface area (TPSA) is 173 Å². The monoisotopic (exact) mass is 613 g/mol. The maximum absolute atomic E-state index is 14.1. The molecule has 0 heterocycles. The Morgan fingerprint density at radius 2 is 1.71 bits per heavy atom. The highest BCUT2D eigenvalue weighted by Crippen LogP contribution is 2.53. The van der Waals surface area contributed by atoms with Gasteiger partial charge in [0.2, 0.25) is 11.7 Å². The van der Waals surface area contributed by atoms with Crippen LogP contribution in [0.3, 0.4) is 0 Å². The first-order valence-corrected chi connectivity index (χ1v) is 15.3. The molecule has 10 nitrogen and oxygen atoms in total. The van der Waals surface area contributed by atoms with Gasteiger partial charge in [-0.2, -0.15) is 0 Å². The predicted molar refractivity (Wildman–Crippen MR) is 169 cm³/mol. The van der Waals surface area contributed by atoms with E-state index in [0.717, 1.165) is 27.5 Å². The fourth-order valence-electron chi connectivity index (χ4n) is 7.92. The van der Waals surface area contributed by atoms with E-state index in [1.54, 1.807) is 25.1 Å². The Bertz CT molecular complexity index is 1780. The molecule has 0 aliphatic heterocycles. The third-order valence-corrected chi connectivity index (χ3v) is 9.98. The predicted octanol–water partition coefficient (Wildman–Crippen LogP) is 2.45. The Morgan fingerprint density at radius 3 is 2.36 bits per heavy atom. The number of rotatable bonds is 6. The SMILES string of the molecule is CC(C)NCc1ccc(-c2ccc(O)c3c2C[C@@H]2C[C@@H]4[C@@H](N(C)C)C(O)C(C(N)=O)C(=O)[C@]4(O)C(=O)C2=C3O)c2ccccc12. The number of nitrogens with one attached hydrogen (secondary N) is 1. The number of fused-ring (bicyclic) bond motifs is 4. The summed E-state index contributed by atoms with van der Waals surface area (Å²) in [5.41, 5.74) is 6.12. The van der Waals surface area contributed by atoms with Gasteiger partial charge in [-0.05, 0) is 71.9 Å². The van der Waals surface area contributed by atoms with Gasteiger partial charge < -0.3 is 36.4 Å². The summed E-state index contributed by atoms with van der Waals surface area (Å²) in [7, 11) is 3.26. The van der Waals surface area contributed by atoms with Crippen LogP contribution in [-0.4, -0.2) is 80.7 Å². The lowest BCUT2D eigenvalue weighted by Gasteiger charge is -2.53. The molecular weight excluding hydrogens is 574 g/mol. The second-order valence-corrected chi connectivity index (χ2v) is 13.1. The van der Waals surface area contributed by atoms with Gasteiger partial charge in [-0.15, -0.1) is 0 Å². The lowest BCUT2D eigenvalue weighted by Crippen LogP contribution is -2.73. The normalized spacial score (nSPS) is 28.0. The molecule has 3 aliphatic carbocycles. The van der Waals surface area contributed by atoms with Crippen molar-refractivity contribution in [2.75, 3.05) is 14.1 Å². The molecular formula is C35H39N3O7. The van der Waals surface area contributed by atoms with Crippen LogP contribution in [0.25, 0.3) is 27.7 Å². The number of likely N-dealkylation sites (N-methyl/N-ethyl adjacent to an activating group) is 1. The molecule has 6 rings (SSSR count). The Hall–Kier alpha value is -4.09. The Kier molecular flexibility index (Phi) is 7.60. The number of phenols is 1. The second kappa shape index (κ2) is 11.1. The average Bonchev–Trinajstić information content (AvgIpc) is 2.97. The molecule has 2 fully saturated rings. The number of nitrogens with two attached hydrogens (primary N) is 1. The van der Waals surface area contributed by atoms with Crippen LogP contribution in [-0.2, 0) is 27.3 Å². The van der Waals surface area contributed by atoms with E-state index in [9.17, 15) is 34.8 Å². The van der Waals surface area contributed by atoms with Crippen molar-refractivity contribution in [3.63, 3.8) is 0 Å². The molecule has 10 heteroatoms. The molecule has 0 aromatic heterocycles. The zero-order valence-corrected chi connectivity index (χ0v) is 25.7. The summed E-state index contributed by atoms with van der Waals surface area (Å²) in [5, 5.41) is 51.2. The van der Waals surface area contributed by atoms with Crippen molar-refractivity contribution < 1.29 is 34.8 Å². The van der Waals surface area contributed by atoms with Crippen LogP contribution >= 0.6 is 0 Å². The van der Waals surface area contributed by atoms with Gasteiger partial charge in [0.15, 0.2) is 11.4 Å². The average molecular weight is 614 g/mol. The first-order chi connectivity index (χ1) is 21.3. The highest BCUT2D eigenvalue weighted by molar-refractivity contribution is 6.25. The molecule has 3 aromatic carbocycles. The molecule has 1 amide bonds. The Labute approximate surface area is 261 Å². The van der Waals surface area contributed by atoms with Gasteiger partial charge in [0, 0.05) is 30.1 Å². The van der Waals surface area contributed by atoms with Gasteiger partial charge >= 0.3 is 0 Å². The lowest BCUT2D eigenvalue weighted by molar-refractivity contribution is -0.184. The summed E-state index contributed by atoms with van der Waals surface area (Å²) in [6.45, 7) is 4.86. The van der Waals surface area contributed by atoms with Crippen LogP contribution in [0.1, 0.15) is 37.0 Å². The molecule has 0 radical (unpaired) electrons. The molecule has 3 aliphatic rings. The van der Waals surface area contributed by atoms with E-state index in [-0.39, 0.29) is 29.7 Å². The maximum atomic E-state index is 14.1. The molecule has 45 heavy (non-hydrogen) atoms. The first-order valence-electron chi connectivity index (χ1n) is 15.3. The van der Waals surface area contributed by atoms with Crippen LogP contribution in [0.2, 0.25) is 0 Å². The molecule has 6 atom stereocenters. The number of carbonyl (C=O) groups excluding carboxylic acids is 3. The first kappa shape index (κ1) is 30.9. The van der Waals surface area contributed by atoms with E-state index in [1.165, 1.54) is 6.07 Å². The number of aliphatic hydroxyl groups excluding tert-OH is 2. The minimum absolute atomic E-state index is 0.0633. The number of carbonyl (C=O) groups is 3. The number of benzene rings is 3. The molecule has 0 spiro atoms. The summed E-state index contributed by atoms with van der Waals surface area (Å²) in [6.07, 6.45) is -1.24. The van der Waals surface area contributed by atoms with Gasteiger partial charge in [0.1, 0.15) is 17.4 Å². The molecule has 3 aromatic rings. The fourth-order valence-corrected chi connectivity index (χ4v) is 7.92. The van der Waals surface area contributed by atoms with E-state index in [1.807, 2.05) is 24.3 Å². The summed E-state index contributed by atoms with van der Waals surface area (Å²) >= 11 is 0. The number of hydrogen-bond acceptors (Lipinski definition) is 9. The minimum Gasteiger partial charge on any atom is -0.507 e. The van der Waals surface area contributed by atoms with Gasteiger partial charge in [0.25, 0.3) is 0 Å². The highest BCUT2D eigenvalue weighted by atomic mass is 16.3. The Morgan fingerprint density at radius 1 is 1.04 bits per heavy atom. The van der Waals surface area contributed by atoms with Gasteiger partial charge in [-0.25, -0.2) is 0 Å². The van der Waals surface area contributed by atoms with Crippen LogP contribution < -0.4 is 11.1 Å². The van der Waals surface area contributed by atoms with Gasteiger partial charge in [-0.1, -0.05) is 56.3 Å². The van der Waals surface area contributed by atoms with Crippen molar-refractivity contribution in [2.24, 2.45) is 23.5 Å². The third-order valence-electron chi connectivity index (χ3n) is 9.98. The van der Waals surface area contributed by atoms with E-state index >= 15 is 0 Å². The maximum Gasteiger partial charge on any atom is 0.230 e. The summed E-state index contributed by atoms with van der Waals surface area (Å²) in [4.78, 5) is 41.6. The number of phenolic OH excluding ortho intramolecular Hbond substituents is 1. The third kappa shape index (κ3) is 4.58. The number of Topliss-reactive ketones (excluding diaryl/α,β-unsaturated/α-hetero) is 2. The zero-order valence-electron chi connectivity index (χ0n) is 25.7. The minimum atomic E-state index is -2.69. The van der Waals surface area contributed by atoms with Crippen LogP contribution in [0.15, 0.2) is 54.1 Å². The van der Waals surface area contributed by atoms with E-state index in [4.69, 9.17) is 5.73 Å². The van der Waals surface area contributed by atoms with Crippen LogP contribution in [0.5, 0.6) is 5.75 Å². The molecule has 7 N–H and O–H groups in total. The van der Waals surface area contributed by atoms with Crippen molar-refractivity contribution >= 4 is 34.0 Å². The van der Waals surface area contributed by atoms with E-state index in [2.05, 4.69) is 31.3 Å². The molecule has 2 unspecified atom stereocenters. The van der Waals surface area contributed by atoms with Crippen molar-refractivity contribution in [1.82, 2.24) is 10.2 Å². The highest BCUT2D eigenvalue weighted by Gasteiger charge is 2.67.